The average molecular weight is 488 g/mol. The first-order valence-electron chi connectivity index (χ1n) is 8.37. The molecule has 154 valence electrons. The summed E-state index contributed by atoms with van der Waals surface area (Å²) in [4.78, 5) is 21.6. The monoisotopic (exact) mass is 486 g/mol. The number of benzene rings is 1. The van der Waals surface area contributed by atoms with Crippen LogP contribution in [0.15, 0.2) is 41.3 Å². The Kier molecular flexibility index (Phi) is 7.04. The third-order valence-electron chi connectivity index (χ3n) is 3.86. The first-order chi connectivity index (χ1) is 13.9. The first kappa shape index (κ1) is 21.5. The molecule has 0 aliphatic heterocycles. The number of halogens is 3. The highest BCUT2D eigenvalue weighted by Crippen LogP contribution is 2.32. The van der Waals surface area contributed by atoms with Crippen molar-refractivity contribution >= 4 is 50.5 Å². The van der Waals surface area contributed by atoms with E-state index >= 15 is 4.39 Å². The molecule has 1 unspecified atom stereocenters. The average Bonchev–Trinajstić information content (AvgIpc) is 3.14. The molecular formula is C18H17BrClFN4O4. The fourth-order valence-electron chi connectivity index (χ4n) is 2.54. The molecule has 0 spiro atoms. The summed E-state index contributed by atoms with van der Waals surface area (Å²) in [6, 6.07) is 5.00. The Morgan fingerprint density at radius 1 is 1.45 bits per heavy atom. The van der Waals surface area contributed by atoms with Gasteiger partial charge in [0.25, 0.3) is 5.91 Å². The number of imidazole rings is 1. The molecule has 2 heterocycles. The number of aliphatic hydroxyl groups excluding tert-OH is 1. The largest absolute Gasteiger partial charge is 0.388 e. The standard InChI is InChI=1S/C18H17BrClFN4O4/c1-28-8-11(26)9-29-24-18(27)12-7-25-5-4-22-17(25)15(21)16(12)23-14-3-2-10(19)6-13(14)20/h2-7,11,23,26H,8-9H2,1H3,(H,24,27). The number of aliphatic hydroxyl groups is 1. The number of ether oxygens (including phenoxy) is 1. The number of fused-ring (bicyclic) bond motifs is 1. The summed E-state index contributed by atoms with van der Waals surface area (Å²) >= 11 is 9.51. The Hall–Kier alpha value is -2.24. The predicted octanol–water partition coefficient (Wildman–Crippen LogP) is 3.30. The van der Waals surface area contributed by atoms with Gasteiger partial charge >= 0.3 is 0 Å². The Balaban J connectivity index is 1.90. The summed E-state index contributed by atoms with van der Waals surface area (Å²) in [5.41, 5.74) is 2.45. The Morgan fingerprint density at radius 3 is 2.97 bits per heavy atom. The van der Waals surface area contributed by atoms with Gasteiger partial charge in [0.2, 0.25) is 0 Å². The van der Waals surface area contributed by atoms with Gasteiger partial charge in [0.05, 0.1) is 28.6 Å². The highest BCUT2D eigenvalue weighted by Gasteiger charge is 2.21. The topological polar surface area (TPSA) is 97.1 Å². The SMILES string of the molecule is COCC(O)CONC(=O)c1cn2ccnc2c(F)c1Nc1ccc(Br)cc1Cl. The summed E-state index contributed by atoms with van der Waals surface area (Å²) in [5, 5.41) is 12.8. The molecule has 3 N–H and O–H groups in total. The van der Waals surface area contributed by atoms with Crippen LogP contribution in [0.2, 0.25) is 5.02 Å². The summed E-state index contributed by atoms with van der Waals surface area (Å²) in [7, 11) is 1.43. The van der Waals surface area contributed by atoms with Gasteiger partial charge in [0.1, 0.15) is 12.7 Å². The van der Waals surface area contributed by atoms with E-state index in [9.17, 15) is 9.90 Å². The Morgan fingerprint density at radius 2 is 2.24 bits per heavy atom. The van der Waals surface area contributed by atoms with Gasteiger partial charge in [-0.1, -0.05) is 27.5 Å². The van der Waals surface area contributed by atoms with Crippen molar-refractivity contribution in [2.45, 2.75) is 6.10 Å². The second-order valence-electron chi connectivity index (χ2n) is 5.99. The zero-order valence-electron chi connectivity index (χ0n) is 15.2. The molecule has 0 bridgehead atoms. The van der Waals surface area contributed by atoms with Gasteiger partial charge in [-0.05, 0) is 18.2 Å². The quantitative estimate of drug-likeness (QED) is 0.422. The molecule has 11 heteroatoms. The van der Waals surface area contributed by atoms with Crippen LogP contribution in [0, 0.1) is 5.82 Å². The van der Waals surface area contributed by atoms with Crippen LogP contribution in [0.1, 0.15) is 10.4 Å². The van der Waals surface area contributed by atoms with Crippen molar-refractivity contribution in [3.8, 4) is 0 Å². The number of carbonyl (C=O) groups excluding carboxylic acids is 1. The maximum Gasteiger partial charge on any atom is 0.278 e. The van der Waals surface area contributed by atoms with Crippen molar-refractivity contribution in [2.75, 3.05) is 25.6 Å². The van der Waals surface area contributed by atoms with Gasteiger partial charge < -0.3 is 19.6 Å². The van der Waals surface area contributed by atoms with E-state index < -0.39 is 17.8 Å². The molecule has 0 saturated carbocycles. The number of hydroxylamine groups is 1. The van der Waals surface area contributed by atoms with Gasteiger partial charge in [0, 0.05) is 30.2 Å². The number of nitrogens with zero attached hydrogens (tertiary/aromatic N) is 2. The van der Waals surface area contributed by atoms with Gasteiger partial charge in [-0.25, -0.2) is 14.9 Å². The van der Waals surface area contributed by atoms with E-state index in [-0.39, 0.29) is 30.1 Å². The number of methoxy groups -OCH3 is 1. The van der Waals surface area contributed by atoms with Gasteiger partial charge in [0.15, 0.2) is 11.5 Å². The smallest absolute Gasteiger partial charge is 0.278 e. The van der Waals surface area contributed by atoms with E-state index in [0.717, 1.165) is 4.47 Å². The predicted molar refractivity (Wildman–Crippen MR) is 109 cm³/mol. The maximum atomic E-state index is 15.1. The minimum atomic E-state index is -0.924. The number of hydrogen-bond donors (Lipinski definition) is 3. The third kappa shape index (κ3) is 5.03. The molecule has 0 fully saturated rings. The van der Waals surface area contributed by atoms with Crippen molar-refractivity contribution in [3.05, 3.63) is 57.7 Å². The van der Waals surface area contributed by atoms with Crippen LogP contribution in [-0.2, 0) is 9.57 Å². The molecule has 1 amide bonds. The second-order valence-corrected chi connectivity index (χ2v) is 7.31. The lowest BCUT2D eigenvalue weighted by molar-refractivity contribution is -0.0365. The summed E-state index contributed by atoms with van der Waals surface area (Å²) in [5.74, 6) is -1.46. The van der Waals surface area contributed by atoms with Gasteiger partial charge in [-0.15, -0.1) is 0 Å². The number of anilines is 2. The molecule has 0 saturated heterocycles. The zero-order chi connectivity index (χ0) is 21.0. The number of nitrogens with one attached hydrogen (secondary N) is 2. The number of carbonyl (C=O) groups is 1. The number of aromatic nitrogens is 2. The molecule has 2 aromatic heterocycles. The van der Waals surface area contributed by atoms with Crippen LogP contribution in [0.25, 0.3) is 5.65 Å². The highest BCUT2D eigenvalue weighted by molar-refractivity contribution is 9.10. The molecule has 8 nitrogen and oxygen atoms in total. The van der Waals surface area contributed by atoms with E-state index in [1.54, 1.807) is 18.2 Å². The molecular weight excluding hydrogens is 471 g/mol. The van der Waals surface area contributed by atoms with Crippen LogP contribution in [-0.4, -0.2) is 46.8 Å². The first-order valence-corrected chi connectivity index (χ1v) is 9.54. The third-order valence-corrected chi connectivity index (χ3v) is 4.66. The Bertz CT molecular complexity index is 1030. The number of hydrogen-bond acceptors (Lipinski definition) is 6. The number of amides is 1. The normalized spacial score (nSPS) is 12.2. The summed E-state index contributed by atoms with van der Waals surface area (Å²) in [6.07, 6.45) is 3.40. The van der Waals surface area contributed by atoms with Gasteiger partial charge in [-0.3, -0.25) is 9.63 Å². The van der Waals surface area contributed by atoms with Crippen molar-refractivity contribution in [2.24, 2.45) is 0 Å². The highest BCUT2D eigenvalue weighted by atomic mass is 79.9. The maximum absolute atomic E-state index is 15.1. The number of rotatable bonds is 8. The van der Waals surface area contributed by atoms with Crippen molar-refractivity contribution in [1.29, 1.82) is 0 Å². The van der Waals surface area contributed by atoms with Crippen LogP contribution >= 0.6 is 27.5 Å². The second kappa shape index (κ2) is 9.51. The van der Waals surface area contributed by atoms with Crippen LogP contribution in [0.5, 0.6) is 0 Å². The van der Waals surface area contributed by atoms with Crippen LogP contribution in [0.4, 0.5) is 15.8 Å². The van der Waals surface area contributed by atoms with E-state index in [2.05, 4.69) is 31.7 Å². The molecule has 0 radical (unpaired) electrons. The fraction of sp³-hybridized carbons (Fsp3) is 0.222. The van der Waals surface area contributed by atoms with Gasteiger partial charge in [-0.2, -0.15) is 0 Å². The molecule has 3 rings (SSSR count). The van der Waals surface area contributed by atoms with Crippen molar-refractivity contribution in [1.82, 2.24) is 14.9 Å². The Labute approximate surface area is 178 Å². The molecule has 0 aliphatic rings. The molecule has 1 atom stereocenters. The number of pyridine rings is 1. The van der Waals surface area contributed by atoms with Crippen LogP contribution in [0.3, 0.4) is 0 Å². The minimum absolute atomic E-state index is 0.0359. The molecule has 1 aromatic carbocycles. The molecule has 3 aromatic rings. The lowest BCUT2D eigenvalue weighted by Gasteiger charge is -2.16. The summed E-state index contributed by atoms with van der Waals surface area (Å²) in [6.45, 7) is -0.156. The minimum Gasteiger partial charge on any atom is -0.388 e. The van der Waals surface area contributed by atoms with Crippen LogP contribution < -0.4 is 10.8 Å². The van der Waals surface area contributed by atoms with E-state index in [1.165, 1.54) is 30.1 Å². The fourth-order valence-corrected chi connectivity index (χ4v) is 3.26. The van der Waals surface area contributed by atoms with Crippen molar-refractivity contribution < 1.29 is 23.9 Å². The summed E-state index contributed by atoms with van der Waals surface area (Å²) < 4.78 is 22.0. The van der Waals surface area contributed by atoms with E-state index in [0.29, 0.717) is 10.7 Å². The lowest BCUT2D eigenvalue weighted by Crippen LogP contribution is -2.31. The molecule has 29 heavy (non-hydrogen) atoms. The van der Waals surface area contributed by atoms with Crippen molar-refractivity contribution in [3.63, 3.8) is 0 Å². The lowest BCUT2D eigenvalue weighted by atomic mass is 10.2. The van der Waals surface area contributed by atoms with E-state index in [1.807, 2.05) is 0 Å². The zero-order valence-corrected chi connectivity index (χ0v) is 17.5. The molecule has 0 aliphatic carbocycles. The van der Waals surface area contributed by atoms with E-state index in [4.69, 9.17) is 21.2 Å².